The quantitative estimate of drug-likeness (QED) is 0.0645. The molecule has 4 aliphatic carbocycles. The first-order chi connectivity index (χ1) is 25.0. The Morgan fingerprint density at radius 1 is 0.811 bits per heavy atom. The van der Waals surface area contributed by atoms with Crippen molar-refractivity contribution in [3.05, 3.63) is 36.0 Å². The van der Waals surface area contributed by atoms with Gasteiger partial charge in [0.15, 0.2) is 0 Å². The highest BCUT2D eigenvalue weighted by molar-refractivity contribution is 5.85. The molecule has 0 aliphatic heterocycles. The second kappa shape index (κ2) is 18.9. The fourth-order valence-corrected chi connectivity index (χ4v) is 13.0. The van der Waals surface area contributed by atoms with Crippen LogP contribution in [0.5, 0.6) is 0 Å². The van der Waals surface area contributed by atoms with Crippen molar-refractivity contribution in [2.24, 2.45) is 63.1 Å². The van der Waals surface area contributed by atoms with Crippen LogP contribution in [0.1, 0.15) is 191 Å². The number of rotatable bonds is 23. The molecule has 302 valence electrons. The molecule has 0 heterocycles. The van der Waals surface area contributed by atoms with Crippen LogP contribution in [0.15, 0.2) is 36.0 Å². The molecular weight excluding hydrogens is 653 g/mol. The van der Waals surface area contributed by atoms with Gasteiger partial charge in [-0.15, -0.1) is 6.58 Å². The molecule has 0 saturated heterocycles. The summed E-state index contributed by atoms with van der Waals surface area (Å²) in [6.07, 6.45) is 30.4. The van der Waals surface area contributed by atoms with Gasteiger partial charge in [0.05, 0.1) is 0 Å². The van der Waals surface area contributed by atoms with E-state index in [1.807, 2.05) is 6.08 Å². The van der Waals surface area contributed by atoms with Crippen molar-refractivity contribution in [2.75, 3.05) is 6.61 Å². The van der Waals surface area contributed by atoms with Gasteiger partial charge in [0.2, 0.25) is 0 Å². The molecule has 4 heteroatoms. The van der Waals surface area contributed by atoms with E-state index < -0.39 is 5.97 Å². The van der Waals surface area contributed by atoms with Crippen LogP contribution < -0.4 is 0 Å². The van der Waals surface area contributed by atoms with Crippen molar-refractivity contribution in [2.45, 2.75) is 191 Å². The number of carbonyl (C=O) groups is 2. The van der Waals surface area contributed by atoms with E-state index in [1.165, 1.54) is 102 Å². The van der Waals surface area contributed by atoms with Crippen LogP contribution in [0.4, 0.5) is 0 Å². The van der Waals surface area contributed by atoms with Gasteiger partial charge in [0.1, 0.15) is 6.61 Å². The fraction of sp³-hybridized carbons (Fsp3) is 0.837. The summed E-state index contributed by atoms with van der Waals surface area (Å²) in [5.74, 6) is 4.14. The van der Waals surface area contributed by atoms with Gasteiger partial charge in [-0.3, -0.25) is 4.79 Å². The summed E-state index contributed by atoms with van der Waals surface area (Å²) in [4.78, 5) is 24.5. The Bertz CT molecular complexity index is 1290. The molecule has 0 bridgehead atoms. The monoisotopic (exact) mass is 735 g/mol. The summed E-state index contributed by atoms with van der Waals surface area (Å²) < 4.78 is 5.84. The molecule has 4 saturated carbocycles. The zero-order valence-corrected chi connectivity index (χ0v) is 36.0. The number of hydrogen-bond acceptors (Lipinski definition) is 3. The van der Waals surface area contributed by atoms with E-state index in [0.717, 1.165) is 43.4 Å². The smallest absolute Gasteiger partial charge is 0.330 e. The molecule has 4 rings (SSSR count). The zero-order valence-electron chi connectivity index (χ0n) is 36.0. The largest absolute Gasteiger partial charge is 0.478 e. The summed E-state index contributed by atoms with van der Waals surface area (Å²) >= 11 is 0. The number of carboxylic acid groups (broad SMARTS) is 1. The van der Waals surface area contributed by atoms with Crippen molar-refractivity contribution in [3.8, 4) is 0 Å². The molecular formula is C49H82O4. The van der Waals surface area contributed by atoms with Gasteiger partial charge in [-0.25, -0.2) is 4.79 Å². The molecule has 1 N–H and O–H groups in total. The molecule has 4 aliphatic rings. The second-order valence-corrected chi connectivity index (χ2v) is 20.3. The summed E-state index contributed by atoms with van der Waals surface area (Å²) in [5.41, 5.74) is 3.00. The van der Waals surface area contributed by atoms with Crippen LogP contribution >= 0.6 is 0 Å². The molecule has 4 fully saturated rings. The summed E-state index contributed by atoms with van der Waals surface area (Å²) in [5, 5.41) is 9.30. The predicted molar refractivity (Wildman–Crippen MR) is 223 cm³/mol. The van der Waals surface area contributed by atoms with Crippen LogP contribution in [0.25, 0.3) is 0 Å². The molecule has 0 amide bonds. The SMILES string of the molecule is C=C[C@@H]1CC[C@@H]2[C@]3(CC[C@]4(C)[C@@H]([C@H](C)CC/C=C(/C)C(=O)O)CC[C@@]24C)C[C@]13CCC(=O)OC/C=C(\C)CCC[C@H](C)CCC[C@H](C)CCCC(C)C. The van der Waals surface area contributed by atoms with Crippen LogP contribution in [-0.2, 0) is 14.3 Å². The lowest BCUT2D eigenvalue weighted by molar-refractivity contribution is -0.144. The van der Waals surface area contributed by atoms with Gasteiger partial charge in [0, 0.05) is 12.0 Å². The van der Waals surface area contributed by atoms with E-state index in [0.29, 0.717) is 58.5 Å². The molecule has 0 aromatic heterocycles. The topological polar surface area (TPSA) is 63.6 Å². The Morgan fingerprint density at radius 3 is 2.11 bits per heavy atom. The van der Waals surface area contributed by atoms with Gasteiger partial charge >= 0.3 is 11.9 Å². The first-order valence-corrected chi connectivity index (χ1v) is 22.4. The van der Waals surface area contributed by atoms with E-state index in [2.05, 4.69) is 74.1 Å². The maximum atomic E-state index is 13.2. The number of carboxylic acids is 1. The lowest BCUT2D eigenvalue weighted by Crippen LogP contribution is -2.54. The highest BCUT2D eigenvalue weighted by Crippen LogP contribution is 2.87. The minimum Gasteiger partial charge on any atom is -0.478 e. The summed E-state index contributed by atoms with van der Waals surface area (Å²) in [6, 6.07) is 0. The molecule has 0 unspecified atom stereocenters. The van der Waals surface area contributed by atoms with E-state index in [-0.39, 0.29) is 11.4 Å². The van der Waals surface area contributed by atoms with Crippen molar-refractivity contribution < 1.29 is 19.4 Å². The second-order valence-electron chi connectivity index (χ2n) is 20.3. The predicted octanol–water partition coefficient (Wildman–Crippen LogP) is 13.9. The van der Waals surface area contributed by atoms with E-state index in [1.54, 1.807) is 6.92 Å². The molecule has 0 aromatic carbocycles. The minimum absolute atomic E-state index is 0.0312. The number of esters is 1. The normalized spacial score (nSPS) is 34.1. The third-order valence-corrected chi connectivity index (χ3v) is 16.6. The number of ether oxygens (including phenoxy) is 1. The molecule has 1 spiro atoms. The average Bonchev–Trinajstić information content (AvgIpc) is 3.69. The zero-order chi connectivity index (χ0) is 39.0. The Balaban J connectivity index is 1.22. The standard InChI is InChI=1S/C49H82O4/c1-11-41-24-25-43-47(10)29-26-42(39(7)22-15-23-40(8)45(51)52)46(47,9)31-32-49(43)34-48(41,49)30-27-44(50)53-33-28-38(6)21-14-20-37(5)19-13-18-36(4)17-12-16-35(2)3/h11,23,28,35-37,39,41-43H,1,12-22,24-27,29-34H2,2-10H3,(H,51,52)/b38-28+,40-23-/t36-,37-,39-,41-,42-,43+,46-,47+,48-,49+/m1/s1. The van der Waals surface area contributed by atoms with Crippen molar-refractivity contribution >= 4 is 11.9 Å². The highest BCUT2D eigenvalue weighted by Gasteiger charge is 2.79. The third kappa shape index (κ3) is 9.94. The van der Waals surface area contributed by atoms with Gasteiger partial charge in [-0.05, 0) is 160 Å². The molecule has 4 nitrogen and oxygen atoms in total. The number of hydrogen-bond donors (Lipinski definition) is 1. The van der Waals surface area contributed by atoms with Crippen molar-refractivity contribution in [1.29, 1.82) is 0 Å². The number of carbonyl (C=O) groups excluding carboxylic acids is 1. The van der Waals surface area contributed by atoms with Crippen LogP contribution in [0.3, 0.4) is 0 Å². The van der Waals surface area contributed by atoms with Crippen molar-refractivity contribution in [3.63, 3.8) is 0 Å². The Kier molecular flexibility index (Phi) is 15.6. The van der Waals surface area contributed by atoms with Gasteiger partial charge < -0.3 is 9.84 Å². The molecule has 53 heavy (non-hydrogen) atoms. The average molecular weight is 735 g/mol. The van der Waals surface area contributed by atoms with Crippen molar-refractivity contribution in [1.82, 2.24) is 0 Å². The van der Waals surface area contributed by atoms with E-state index >= 15 is 0 Å². The Morgan fingerprint density at radius 2 is 1.47 bits per heavy atom. The van der Waals surface area contributed by atoms with Crippen LogP contribution in [-0.4, -0.2) is 23.7 Å². The van der Waals surface area contributed by atoms with Gasteiger partial charge in [-0.2, -0.15) is 0 Å². The summed E-state index contributed by atoms with van der Waals surface area (Å²) in [7, 11) is 0. The number of fused-ring (bicyclic) bond motifs is 2. The van der Waals surface area contributed by atoms with Gasteiger partial charge in [-0.1, -0.05) is 111 Å². The van der Waals surface area contributed by atoms with Gasteiger partial charge in [0.25, 0.3) is 0 Å². The Hall–Kier alpha value is -1.84. The third-order valence-electron chi connectivity index (χ3n) is 16.6. The minimum atomic E-state index is -0.803. The Labute approximate surface area is 326 Å². The highest BCUT2D eigenvalue weighted by atomic mass is 16.5. The lowest BCUT2D eigenvalue weighted by Gasteiger charge is -2.61. The fourth-order valence-electron chi connectivity index (χ4n) is 13.0. The molecule has 10 atom stereocenters. The van der Waals surface area contributed by atoms with E-state index in [4.69, 9.17) is 4.74 Å². The number of aliphatic carboxylic acids is 1. The molecule has 0 aromatic rings. The maximum absolute atomic E-state index is 13.2. The van der Waals surface area contributed by atoms with E-state index in [9.17, 15) is 14.7 Å². The van der Waals surface area contributed by atoms with Crippen LogP contribution in [0, 0.1) is 63.1 Å². The lowest BCUT2D eigenvalue weighted by atomic mass is 9.44. The molecule has 0 radical (unpaired) electrons. The van der Waals surface area contributed by atoms with Crippen LogP contribution in [0.2, 0.25) is 0 Å². The summed E-state index contributed by atoms with van der Waals surface area (Å²) in [6.45, 7) is 25.8. The first-order valence-electron chi connectivity index (χ1n) is 22.4. The maximum Gasteiger partial charge on any atom is 0.330 e. The first kappa shape index (κ1) is 43.9. The number of allylic oxidation sites excluding steroid dienone is 3.